The Balaban J connectivity index is 4.32. The highest BCUT2D eigenvalue weighted by atomic mass is 16.6. The molecule has 0 amide bonds. The predicted octanol–water partition coefficient (Wildman–Crippen LogP) is 19.7. The molecule has 1 atom stereocenters. The van der Waals surface area contributed by atoms with Crippen LogP contribution < -0.4 is 0 Å². The normalized spacial score (nSPS) is 12.2. The number of carbonyl (C=O) groups excluding carboxylic acids is 3. The zero-order valence-electron chi connectivity index (χ0n) is 44.9. The monoisotopic (exact) mass is 941 g/mol. The molecule has 0 radical (unpaired) electrons. The largest absolute Gasteiger partial charge is 0.462 e. The number of ether oxygens (including phenoxy) is 3. The Kier molecular flexibility index (Phi) is 54.2. The summed E-state index contributed by atoms with van der Waals surface area (Å²) in [7, 11) is 0. The van der Waals surface area contributed by atoms with E-state index < -0.39 is 6.10 Å². The lowest BCUT2D eigenvalue weighted by Gasteiger charge is -2.18. The third kappa shape index (κ3) is 54.4. The molecule has 6 nitrogen and oxygen atoms in total. The van der Waals surface area contributed by atoms with Crippen LogP contribution >= 0.6 is 0 Å². The number of allylic oxidation sites excluding steroid dienone is 6. The van der Waals surface area contributed by atoms with E-state index in [0.717, 1.165) is 83.5 Å². The van der Waals surface area contributed by atoms with Crippen molar-refractivity contribution >= 4 is 17.9 Å². The highest BCUT2D eigenvalue weighted by molar-refractivity contribution is 5.71. The Labute approximate surface area is 416 Å². The van der Waals surface area contributed by atoms with Crippen LogP contribution in [0.2, 0.25) is 0 Å². The summed E-state index contributed by atoms with van der Waals surface area (Å²) in [6.45, 7) is 6.62. The standard InChI is InChI=1S/C61H112O6/c1-4-7-10-13-16-19-22-25-27-28-29-30-31-32-34-37-40-43-46-49-52-55-61(64)67-58(56-65-59(62)53-50-47-44-41-38-35-24-21-18-15-12-9-6-3)57-66-60(63)54-51-48-45-42-39-36-33-26-23-20-17-14-11-8-5-2/h17,20-21,24,26,33,58H,4-16,18-19,22-23,25,27-32,34-57H2,1-3H3/b20-17-,24-21-,33-26-/t58-/m0/s1. The first kappa shape index (κ1) is 64.6. The molecule has 392 valence electrons. The average Bonchev–Trinajstić information content (AvgIpc) is 3.33. The fourth-order valence-electron chi connectivity index (χ4n) is 8.65. The fraction of sp³-hybridized carbons (Fsp3) is 0.852. The molecule has 67 heavy (non-hydrogen) atoms. The maximum Gasteiger partial charge on any atom is 0.306 e. The number of carbonyl (C=O) groups is 3. The molecule has 0 heterocycles. The topological polar surface area (TPSA) is 78.9 Å². The van der Waals surface area contributed by atoms with Gasteiger partial charge in [-0.25, -0.2) is 0 Å². The molecule has 0 unspecified atom stereocenters. The second kappa shape index (κ2) is 56.2. The summed E-state index contributed by atoms with van der Waals surface area (Å²) >= 11 is 0. The van der Waals surface area contributed by atoms with Gasteiger partial charge in [-0.05, 0) is 77.0 Å². The molecule has 6 heteroatoms. The molecule has 0 aliphatic carbocycles. The molecule has 0 aromatic heterocycles. The first-order chi connectivity index (χ1) is 33.0. The van der Waals surface area contributed by atoms with Crippen LogP contribution in [0.15, 0.2) is 36.5 Å². The summed E-state index contributed by atoms with van der Waals surface area (Å²) in [4.78, 5) is 38.1. The molecule has 0 fully saturated rings. The van der Waals surface area contributed by atoms with Crippen molar-refractivity contribution in [1.29, 1.82) is 0 Å². The Morgan fingerprint density at radius 1 is 0.299 bits per heavy atom. The molecule has 0 aromatic carbocycles. The maximum atomic E-state index is 12.9. The van der Waals surface area contributed by atoms with Gasteiger partial charge < -0.3 is 14.2 Å². The van der Waals surface area contributed by atoms with Gasteiger partial charge >= 0.3 is 17.9 Å². The van der Waals surface area contributed by atoms with Gasteiger partial charge in [-0.1, -0.05) is 256 Å². The Morgan fingerprint density at radius 2 is 0.537 bits per heavy atom. The Bertz CT molecular complexity index is 1130. The summed E-state index contributed by atoms with van der Waals surface area (Å²) in [6, 6.07) is 0. The summed E-state index contributed by atoms with van der Waals surface area (Å²) in [5, 5.41) is 0. The summed E-state index contributed by atoms with van der Waals surface area (Å²) < 4.78 is 16.9. The van der Waals surface area contributed by atoms with Crippen molar-refractivity contribution in [2.75, 3.05) is 13.2 Å². The van der Waals surface area contributed by atoms with Gasteiger partial charge in [-0.3, -0.25) is 14.4 Å². The van der Waals surface area contributed by atoms with Crippen molar-refractivity contribution in [3.63, 3.8) is 0 Å². The van der Waals surface area contributed by atoms with Crippen LogP contribution in [-0.4, -0.2) is 37.2 Å². The van der Waals surface area contributed by atoms with Gasteiger partial charge in [-0.2, -0.15) is 0 Å². The van der Waals surface area contributed by atoms with Crippen LogP contribution in [0, 0.1) is 0 Å². The lowest BCUT2D eigenvalue weighted by atomic mass is 10.0. The smallest absolute Gasteiger partial charge is 0.306 e. The van der Waals surface area contributed by atoms with Gasteiger partial charge in [0.25, 0.3) is 0 Å². The Hall–Kier alpha value is -2.37. The molecule has 0 aliphatic rings. The number of hydrogen-bond donors (Lipinski definition) is 0. The van der Waals surface area contributed by atoms with Gasteiger partial charge in [-0.15, -0.1) is 0 Å². The zero-order valence-corrected chi connectivity index (χ0v) is 44.9. The first-order valence-electron chi connectivity index (χ1n) is 29.5. The van der Waals surface area contributed by atoms with E-state index in [-0.39, 0.29) is 31.1 Å². The van der Waals surface area contributed by atoms with Crippen molar-refractivity contribution in [3.05, 3.63) is 36.5 Å². The first-order valence-corrected chi connectivity index (χ1v) is 29.5. The van der Waals surface area contributed by atoms with Crippen molar-refractivity contribution < 1.29 is 28.6 Å². The van der Waals surface area contributed by atoms with Gasteiger partial charge in [0.2, 0.25) is 0 Å². The number of esters is 3. The summed E-state index contributed by atoms with van der Waals surface area (Å²) in [5.74, 6) is -0.882. The molecule has 0 saturated carbocycles. The van der Waals surface area contributed by atoms with Crippen LogP contribution in [0.4, 0.5) is 0 Å². The van der Waals surface area contributed by atoms with E-state index >= 15 is 0 Å². The molecule has 0 bridgehead atoms. The van der Waals surface area contributed by atoms with E-state index in [4.69, 9.17) is 14.2 Å². The lowest BCUT2D eigenvalue weighted by molar-refractivity contribution is -0.167. The lowest BCUT2D eigenvalue weighted by Crippen LogP contribution is -2.30. The van der Waals surface area contributed by atoms with Gasteiger partial charge in [0.1, 0.15) is 13.2 Å². The summed E-state index contributed by atoms with van der Waals surface area (Å²) in [5.41, 5.74) is 0. The second-order valence-electron chi connectivity index (χ2n) is 19.9. The van der Waals surface area contributed by atoms with E-state index in [0.29, 0.717) is 19.3 Å². The van der Waals surface area contributed by atoms with Crippen LogP contribution in [0.5, 0.6) is 0 Å². The zero-order chi connectivity index (χ0) is 48.6. The van der Waals surface area contributed by atoms with Crippen LogP contribution in [0.1, 0.15) is 316 Å². The molecule has 0 aromatic rings. The van der Waals surface area contributed by atoms with E-state index in [2.05, 4.69) is 57.2 Å². The minimum Gasteiger partial charge on any atom is -0.462 e. The highest BCUT2D eigenvalue weighted by Gasteiger charge is 2.19. The molecular weight excluding hydrogens is 829 g/mol. The Morgan fingerprint density at radius 3 is 0.881 bits per heavy atom. The number of rotatable bonds is 54. The average molecular weight is 942 g/mol. The van der Waals surface area contributed by atoms with Gasteiger partial charge in [0.15, 0.2) is 6.10 Å². The van der Waals surface area contributed by atoms with Crippen molar-refractivity contribution in [2.45, 2.75) is 322 Å². The minimum atomic E-state index is -0.778. The molecule has 0 rings (SSSR count). The van der Waals surface area contributed by atoms with Gasteiger partial charge in [0, 0.05) is 19.3 Å². The minimum absolute atomic E-state index is 0.0777. The van der Waals surface area contributed by atoms with E-state index in [9.17, 15) is 14.4 Å². The van der Waals surface area contributed by atoms with Crippen LogP contribution in [-0.2, 0) is 28.6 Å². The molecule has 0 N–H and O–H groups in total. The molecule has 0 spiro atoms. The van der Waals surface area contributed by atoms with Gasteiger partial charge in [0.05, 0.1) is 0 Å². The van der Waals surface area contributed by atoms with E-state index in [1.807, 2.05) is 0 Å². The molecule has 0 aliphatic heterocycles. The fourth-order valence-corrected chi connectivity index (χ4v) is 8.65. The third-order valence-electron chi connectivity index (χ3n) is 13.1. The quantitative estimate of drug-likeness (QED) is 0.0262. The van der Waals surface area contributed by atoms with Crippen molar-refractivity contribution in [3.8, 4) is 0 Å². The third-order valence-corrected chi connectivity index (χ3v) is 13.1. The van der Waals surface area contributed by atoms with E-state index in [1.54, 1.807) is 0 Å². The number of hydrogen-bond acceptors (Lipinski definition) is 6. The SMILES string of the molecule is CCCCC/C=C\C/C=C\CCCCCCCC(=O)OC[C@H](COC(=O)CCCCCCC/C=C\CCCCCC)OC(=O)CCCCCCCCCCCCCCCCCCCCCCC. The second-order valence-corrected chi connectivity index (χ2v) is 19.9. The van der Waals surface area contributed by atoms with Crippen molar-refractivity contribution in [1.82, 2.24) is 0 Å². The molecule has 0 saturated heterocycles. The maximum absolute atomic E-state index is 12.9. The van der Waals surface area contributed by atoms with Crippen molar-refractivity contribution in [2.24, 2.45) is 0 Å². The summed E-state index contributed by atoms with van der Waals surface area (Å²) in [6.07, 6.45) is 67.1. The van der Waals surface area contributed by atoms with Crippen LogP contribution in [0.25, 0.3) is 0 Å². The predicted molar refractivity (Wildman–Crippen MR) is 289 cm³/mol. The van der Waals surface area contributed by atoms with E-state index in [1.165, 1.54) is 193 Å². The number of unbranched alkanes of at least 4 members (excludes halogenated alkanes) is 37. The highest BCUT2D eigenvalue weighted by Crippen LogP contribution is 2.17. The molecular formula is C61H112O6. The van der Waals surface area contributed by atoms with Crippen LogP contribution in [0.3, 0.4) is 0 Å².